The minimum atomic E-state index is -0.381. The molecule has 338 valence electrons. The van der Waals surface area contributed by atoms with Crippen molar-refractivity contribution in [3.05, 3.63) is 0 Å². The molecular formula is C50H97NO6. The summed E-state index contributed by atoms with van der Waals surface area (Å²) >= 11 is 0. The van der Waals surface area contributed by atoms with Crippen molar-refractivity contribution in [3.8, 4) is 0 Å². The predicted molar refractivity (Wildman–Crippen MR) is 241 cm³/mol. The number of carbonyl (C=O) groups is 2. The minimum Gasteiger partial charge on any atom is -0.465 e. The fraction of sp³-hybridized carbons (Fsp3) is 0.960. The van der Waals surface area contributed by atoms with Crippen LogP contribution >= 0.6 is 0 Å². The lowest BCUT2D eigenvalue weighted by Crippen LogP contribution is -2.39. The molecule has 57 heavy (non-hydrogen) atoms. The zero-order valence-electron chi connectivity index (χ0n) is 39.4. The first kappa shape index (κ1) is 54.0. The van der Waals surface area contributed by atoms with Gasteiger partial charge < -0.3 is 28.6 Å². The molecule has 0 aromatic rings. The van der Waals surface area contributed by atoms with E-state index >= 15 is 0 Å². The van der Waals surface area contributed by atoms with Crippen molar-refractivity contribution in [2.24, 2.45) is 35.5 Å². The van der Waals surface area contributed by atoms with Gasteiger partial charge in [0.25, 0.3) is 0 Å². The Labute approximate surface area is 354 Å². The van der Waals surface area contributed by atoms with Gasteiger partial charge in [0.15, 0.2) is 5.79 Å². The highest BCUT2D eigenvalue weighted by atomic mass is 16.7. The number of unbranched alkanes of at least 4 members (excludes halogenated alkanes) is 13. The van der Waals surface area contributed by atoms with Crippen LogP contribution in [-0.4, -0.2) is 75.6 Å². The quantitative estimate of drug-likeness (QED) is 0.0364. The average molecular weight is 808 g/mol. The number of hydrogen-bond acceptors (Lipinski definition) is 7. The number of piperidine rings is 1. The molecule has 2 aliphatic rings. The van der Waals surface area contributed by atoms with Gasteiger partial charge in [0, 0.05) is 45.9 Å². The molecule has 0 aromatic carbocycles. The van der Waals surface area contributed by atoms with Crippen LogP contribution in [0.1, 0.15) is 216 Å². The Balaban J connectivity index is 0.00000116. The van der Waals surface area contributed by atoms with Gasteiger partial charge in [-0.3, -0.25) is 4.79 Å². The molecule has 4 atom stereocenters. The van der Waals surface area contributed by atoms with E-state index in [1.165, 1.54) is 116 Å². The molecule has 0 amide bonds. The van der Waals surface area contributed by atoms with E-state index in [2.05, 4.69) is 60.3 Å². The van der Waals surface area contributed by atoms with E-state index in [9.17, 15) is 9.59 Å². The number of hydrogen-bond donors (Lipinski definition) is 0. The summed E-state index contributed by atoms with van der Waals surface area (Å²) in [4.78, 5) is 25.4. The second kappa shape index (κ2) is 34.7. The number of ether oxygens (including phenoxy) is 4. The number of nitrogens with zero attached hydrogens (tertiary/aromatic N) is 1. The lowest BCUT2D eigenvalue weighted by atomic mass is 9.89. The first-order chi connectivity index (χ1) is 27.4. The van der Waals surface area contributed by atoms with Gasteiger partial charge in [0.05, 0.1) is 19.3 Å². The van der Waals surface area contributed by atoms with Crippen molar-refractivity contribution < 1.29 is 28.5 Å². The lowest BCUT2D eigenvalue weighted by molar-refractivity contribution is -0.181. The maximum absolute atomic E-state index is 12.3. The SMILES string of the molecule is CC(C)CCC(COC(=O)CCCCCCCCCC1(CCCCCCCCCC=O)OCC(CN2CCCCC2)O1)C(C)C.COCC(CCC(C)C)C(C)C. The molecule has 0 aromatic heterocycles. The summed E-state index contributed by atoms with van der Waals surface area (Å²) in [7, 11) is 1.80. The Hall–Kier alpha value is -1.02. The predicted octanol–water partition coefficient (Wildman–Crippen LogP) is 13.4. The smallest absolute Gasteiger partial charge is 0.305 e. The number of likely N-dealkylation sites (tertiary alicyclic amines) is 1. The van der Waals surface area contributed by atoms with Gasteiger partial charge in [-0.1, -0.05) is 139 Å². The fourth-order valence-corrected chi connectivity index (χ4v) is 8.38. The number of methoxy groups -OCH3 is 1. The van der Waals surface area contributed by atoms with Gasteiger partial charge in [-0.25, -0.2) is 0 Å². The third kappa shape index (κ3) is 29.0. The number of aldehydes is 1. The molecule has 2 saturated heterocycles. The standard InChI is InChI=1S/C39H73NO5.C11H24O/c1-34(2)24-25-36(35(3)4)32-43-38(42)23-17-12-8-7-10-14-19-27-39(26-18-13-9-5-6-11-15-22-30-41)44-33-37(45-39)31-40-28-20-16-21-29-40;1-9(2)6-7-11(8-12-5)10(3)4/h30,34-37H,5-29,31-33H2,1-4H3;9-11H,6-8H2,1-5H3. The highest BCUT2D eigenvalue weighted by molar-refractivity contribution is 5.69. The summed E-state index contributed by atoms with van der Waals surface area (Å²) in [5.41, 5.74) is 0. The molecule has 2 rings (SSSR count). The summed E-state index contributed by atoms with van der Waals surface area (Å²) in [6.45, 7) is 23.8. The second-order valence-electron chi connectivity index (χ2n) is 19.6. The first-order valence-electron chi connectivity index (χ1n) is 24.5. The number of rotatable bonds is 34. The van der Waals surface area contributed by atoms with Crippen LogP contribution in [0.4, 0.5) is 0 Å². The average Bonchev–Trinajstić information content (AvgIpc) is 3.57. The Bertz CT molecular complexity index is 934. The first-order valence-corrected chi connectivity index (χ1v) is 24.5. The topological polar surface area (TPSA) is 74.3 Å². The zero-order chi connectivity index (χ0) is 42.2. The number of esters is 1. The largest absolute Gasteiger partial charge is 0.465 e. The van der Waals surface area contributed by atoms with E-state index in [0.717, 1.165) is 88.7 Å². The summed E-state index contributed by atoms with van der Waals surface area (Å²) in [5, 5.41) is 0. The van der Waals surface area contributed by atoms with Gasteiger partial charge in [-0.15, -0.1) is 0 Å². The molecule has 0 N–H and O–H groups in total. The maximum atomic E-state index is 12.3. The van der Waals surface area contributed by atoms with Crippen molar-refractivity contribution in [1.29, 1.82) is 0 Å². The van der Waals surface area contributed by atoms with Gasteiger partial charge in [0.2, 0.25) is 0 Å². The van der Waals surface area contributed by atoms with Crippen LogP contribution in [0.2, 0.25) is 0 Å². The Morgan fingerprint density at radius 3 is 1.65 bits per heavy atom. The van der Waals surface area contributed by atoms with Gasteiger partial charge >= 0.3 is 5.97 Å². The normalized spacial score (nSPS) is 20.0. The van der Waals surface area contributed by atoms with E-state index in [0.29, 0.717) is 37.2 Å². The molecule has 2 aliphatic heterocycles. The number of carbonyl (C=O) groups excluding carboxylic acids is 2. The van der Waals surface area contributed by atoms with Crippen LogP contribution in [0.3, 0.4) is 0 Å². The Kier molecular flexibility index (Phi) is 32.8. The minimum absolute atomic E-state index is 0.0137. The van der Waals surface area contributed by atoms with Gasteiger partial charge in [0.1, 0.15) is 6.29 Å². The molecule has 4 unspecified atom stereocenters. The van der Waals surface area contributed by atoms with E-state index in [1.807, 2.05) is 0 Å². The highest BCUT2D eigenvalue weighted by Crippen LogP contribution is 2.35. The van der Waals surface area contributed by atoms with Crippen LogP contribution in [0.15, 0.2) is 0 Å². The molecule has 0 aliphatic carbocycles. The highest BCUT2D eigenvalue weighted by Gasteiger charge is 2.41. The molecule has 2 fully saturated rings. The molecule has 0 saturated carbocycles. The van der Waals surface area contributed by atoms with Crippen LogP contribution in [-0.2, 0) is 28.5 Å². The molecule has 7 nitrogen and oxygen atoms in total. The Morgan fingerprint density at radius 2 is 1.16 bits per heavy atom. The van der Waals surface area contributed by atoms with Crippen LogP contribution in [0, 0.1) is 35.5 Å². The van der Waals surface area contributed by atoms with Crippen LogP contribution in [0.5, 0.6) is 0 Å². The summed E-state index contributed by atoms with van der Waals surface area (Å²) < 4.78 is 24.1. The van der Waals surface area contributed by atoms with E-state index in [4.69, 9.17) is 18.9 Å². The lowest BCUT2D eigenvalue weighted by Gasteiger charge is -2.31. The van der Waals surface area contributed by atoms with E-state index in [-0.39, 0.29) is 17.9 Å². The van der Waals surface area contributed by atoms with Gasteiger partial charge in [-0.05, 0) is 100.0 Å². The fourth-order valence-electron chi connectivity index (χ4n) is 8.38. The summed E-state index contributed by atoms with van der Waals surface area (Å²) in [6, 6.07) is 0. The summed E-state index contributed by atoms with van der Waals surface area (Å²) in [5.74, 6) is 3.66. The Morgan fingerprint density at radius 1 is 0.667 bits per heavy atom. The monoisotopic (exact) mass is 808 g/mol. The van der Waals surface area contributed by atoms with E-state index in [1.54, 1.807) is 7.11 Å². The van der Waals surface area contributed by atoms with Crippen LogP contribution < -0.4 is 0 Å². The third-order valence-corrected chi connectivity index (χ3v) is 12.6. The third-order valence-electron chi connectivity index (χ3n) is 12.6. The van der Waals surface area contributed by atoms with Crippen LogP contribution in [0.25, 0.3) is 0 Å². The molecule has 7 heteroatoms. The van der Waals surface area contributed by atoms with Gasteiger partial charge in [-0.2, -0.15) is 0 Å². The van der Waals surface area contributed by atoms with Crippen molar-refractivity contribution in [2.45, 2.75) is 228 Å². The van der Waals surface area contributed by atoms with Crippen molar-refractivity contribution in [1.82, 2.24) is 4.90 Å². The molecular weight excluding hydrogens is 711 g/mol. The molecule has 0 spiro atoms. The molecule has 2 heterocycles. The van der Waals surface area contributed by atoms with E-state index < -0.39 is 0 Å². The second-order valence-corrected chi connectivity index (χ2v) is 19.6. The van der Waals surface area contributed by atoms with Crippen molar-refractivity contribution >= 4 is 12.3 Å². The van der Waals surface area contributed by atoms with Crippen molar-refractivity contribution in [2.75, 3.05) is 46.6 Å². The summed E-state index contributed by atoms with van der Waals surface area (Å²) in [6.07, 6.45) is 30.0. The molecule has 0 bridgehead atoms. The van der Waals surface area contributed by atoms with Crippen molar-refractivity contribution in [3.63, 3.8) is 0 Å². The molecule has 0 radical (unpaired) electrons. The zero-order valence-corrected chi connectivity index (χ0v) is 39.4. The maximum Gasteiger partial charge on any atom is 0.305 e.